The van der Waals surface area contributed by atoms with Crippen molar-refractivity contribution in [1.29, 1.82) is 0 Å². The Hall–Kier alpha value is -2.43. The summed E-state index contributed by atoms with van der Waals surface area (Å²) in [6.07, 6.45) is 3.72. The highest BCUT2D eigenvalue weighted by atomic mass is 32.2. The summed E-state index contributed by atoms with van der Waals surface area (Å²) in [5.41, 5.74) is 0.494. The molecule has 1 N–H and O–H groups in total. The fourth-order valence-electron chi connectivity index (χ4n) is 3.32. The van der Waals surface area contributed by atoms with E-state index in [0.717, 1.165) is 25.7 Å². The Morgan fingerprint density at radius 1 is 0.871 bits per heavy atom. The van der Waals surface area contributed by atoms with Crippen LogP contribution in [0.5, 0.6) is 0 Å². The Balaban J connectivity index is 1.73. The molecule has 0 radical (unpaired) electrons. The second-order valence-corrected chi connectivity index (χ2v) is 10.8. The summed E-state index contributed by atoms with van der Waals surface area (Å²) in [7, 11) is -7.51. The van der Waals surface area contributed by atoms with E-state index >= 15 is 0 Å². The van der Waals surface area contributed by atoms with E-state index in [2.05, 4.69) is 4.72 Å². The molecular formula is C21H26N2O6S2. The molecule has 10 heteroatoms. The lowest BCUT2D eigenvalue weighted by atomic mass is 10.2. The first-order valence-electron chi connectivity index (χ1n) is 10.1. The zero-order chi connectivity index (χ0) is 22.5. The predicted molar refractivity (Wildman–Crippen MR) is 117 cm³/mol. The van der Waals surface area contributed by atoms with E-state index in [0.29, 0.717) is 13.1 Å². The van der Waals surface area contributed by atoms with Gasteiger partial charge < -0.3 is 4.74 Å². The first-order chi connectivity index (χ1) is 14.7. The van der Waals surface area contributed by atoms with Gasteiger partial charge in [0.1, 0.15) is 0 Å². The van der Waals surface area contributed by atoms with Crippen LogP contribution in [-0.4, -0.2) is 46.8 Å². The van der Waals surface area contributed by atoms with Gasteiger partial charge in [-0.25, -0.2) is 21.6 Å². The average Bonchev–Trinajstić information content (AvgIpc) is 3.04. The van der Waals surface area contributed by atoms with Crippen LogP contribution < -0.4 is 4.72 Å². The molecule has 168 valence electrons. The summed E-state index contributed by atoms with van der Waals surface area (Å²) < 4.78 is 59.7. The second-order valence-electron chi connectivity index (χ2n) is 7.19. The molecule has 0 aliphatic carbocycles. The van der Waals surface area contributed by atoms with Gasteiger partial charge in [-0.3, -0.25) is 4.72 Å². The molecule has 0 saturated carbocycles. The number of sulfonamides is 2. The van der Waals surface area contributed by atoms with Crippen LogP contribution in [0.1, 0.15) is 43.0 Å². The number of hydrogen-bond acceptors (Lipinski definition) is 6. The highest BCUT2D eigenvalue weighted by Crippen LogP contribution is 2.23. The Kier molecular flexibility index (Phi) is 7.34. The number of hydrogen-bond donors (Lipinski definition) is 1. The van der Waals surface area contributed by atoms with Crippen molar-refractivity contribution in [3.8, 4) is 0 Å². The molecule has 0 amide bonds. The molecule has 0 atom stereocenters. The molecule has 1 fully saturated rings. The summed E-state index contributed by atoms with van der Waals surface area (Å²) in [4.78, 5) is 11.8. The predicted octanol–water partition coefficient (Wildman–Crippen LogP) is 3.23. The van der Waals surface area contributed by atoms with E-state index < -0.39 is 26.0 Å². The topological polar surface area (TPSA) is 110 Å². The molecule has 2 aromatic rings. The van der Waals surface area contributed by atoms with E-state index in [1.54, 1.807) is 6.92 Å². The fraction of sp³-hybridized carbons (Fsp3) is 0.381. The number of anilines is 1. The number of nitrogens with zero attached hydrogens (tertiary/aromatic N) is 1. The Bertz CT molecular complexity index is 1100. The second kappa shape index (κ2) is 9.80. The lowest BCUT2D eigenvalue weighted by molar-refractivity contribution is 0.0526. The normalized spacial score (nSPS) is 15.8. The minimum Gasteiger partial charge on any atom is -0.462 e. The van der Waals surface area contributed by atoms with Crippen molar-refractivity contribution in [3.63, 3.8) is 0 Å². The van der Waals surface area contributed by atoms with Crippen molar-refractivity contribution in [1.82, 2.24) is 4.31 Å². The van der Waals surface area contributed by atoms with Gasteiger partial charge in [-0.05, 0) is 68.3 Å². The summed E-state index contributed by atoms with van der Waals surface area (Å²) in [6, 6.07) is 11.0. The lowest BCUT2D eigenvalue weighted by Gasteiger charge is -2.20. The van der Waals surface area contributed by atoms with Crippen LogP contribution >= 0.6 is 0 Å². The molecule has 31 heavy (non-hydrogen) atoms. The third-order valence-electron chi connectivity index (χ3n) is 4.99. The average molecular weight is 467 g/mol. The maximum Gasteiger partial charge on any atom is 0.338 e. The van der Waals surface area contributed by atoms with Crippen molar-refractivity contribution in [2.75, 3.05) is 24.4 Å². The molecule has 1 heterocycles. The number of carbonyl (C=O) groups is 1. The maximum absolute atomic E-state index is 12.8. The van der Waals surface area contributed by atoms with Gasteiger partial charge in [0.25, 0.3) is 10.0 Å². The minimum atomic E-state index is -3.90. The SMILES string of the molecule is CCOC(=O)c1ccc(S(=O)(=O)Nc2ccc(S(=O)(=O)N3CCCCCC3)cc2)cc1. The van der Waals surface area contributed by atoms with Crippen molar-refractivity contribution in [3.05, 3.63) is 54.1 Å². The quantitative estimate of drug-likeness (QED) is 0.628. The Morgan fingerprint density at radius 3 is 1.97 bits per heavy atom. The van der Waals surface area contributed by atoms with Gasteiger partial charge in [-0.2, -0.15) is 4.31 Å². The maximum atomic E-state index is 12.8. The van der Waals surface area contributed by atoms with Gasteiger partial charge in [-0.15, -0.1) is 0 Å². The van der Waals surface area contributed by atoms with Crippen LogP contribution in [0.15, 0.2) is 58.3 Å². The molecule has 8 nitrogen and oxygen atoms in total. The molecule has 0 spiro atoms. The van der Waals surface area contributed by atoms with E-state index in [-0.39, 0.29) is 27.6 Å². The number of nitrogens with one attached hydrogen (secondary N) is 1. The molecular weight excluding hydrogens is 440 g/mol. The molecule has 0 aromatic heterocycles. The monoisotopic (exact) mass is 466 g/mol. The molecule has 0 bridgehead atoms. The molecule has 1 aliphatic rings. The number of benzene rings is 2. The van der Waals surface area contributed by atoms with E-state index in [1.165, 1.54) is 52.8 Å². The van der Waals surface area contributed by atoms with Gasteiger partial charge in [-0.1, -0.05) is 12.8 Å². The summed E-state index contributed by atoms with van der Waals surface area (Å²) in [5.74, 6) is -0.527. The van der Waals surface area contributed by atoms with Gasteiger partial charge in [0, 0.05) is 18.8 Å². The lowest BCUT2D eigenvalue weighted by Crippen LogP contribution is -2.31. The summed E-state index contributed by atoms with van der Waals surface area (Å²) >= 11 is 0. The van der Waals surface area contributed by atoms with Gasteiger partial charge in [0.05, 0.1) is 22.0 Å². The first kappa shape index (κ1) is 23.2. The molecule has 0 unspecified atom stereocenters. The van der Waals surface area contributed by atoms with Crippen LogP contribution in [0.3, 0.4) is 0 Å². The Labute approximate surface area is 183 Å². The zero-order valence-electron chi connectivity index (χ0n) is 17.3. The molecule has 2 aromatic carbocycles. The van der Waals surface area contributed by atoms with Crippen molar-refractivity contribution < 1.29 is 26.4 Å². The zero-order valence-corrected chi connectivity index (χ0v) is 18.9. The third-order valence-corrected chi connectivity index (χ3v) is 8.30. The van der Waals surface area contributed by atoms with E-state index in [9.17, 15) is 21.6 Å². The van der Waals surface area contributed by atoms with Crippen LogP contribution in [0.25, 0.3) is 0 Å². The third kappa shape index (κ3) is 5.63. The summed E-state index contributed by atoms with van der Waals surface area (Å²) in [5, 5.41) is 0. The number of rotatable bonds is 7. The van der Waals surface area contributed by atoms with Crippen LogP contribution in [-0.2, 0) is 24.8 Å². The van der Waals surface area contributed by atoms with Crippen LogP contribution in [0, 0.1) is 0 Å². The first-order valence-corrected chi connectivity index (χ1v) is 13.1. The standard InChI is InChI=1S/C21H26N2O6S2/c1-2-29-21(24)17-7-11-19(12-8-17)30(25,26)22-18-9-13-20(14-10-18)31(27,28)23-15-5-3-4-6-16-23/h7-14,22H,2-6,15-16H2,1H3. The van der Waals surface area contributed by atoms with E-state index in [1.807, 2.05) is 0 Å². The highest BCUT2D eigenvalue weighted by Gasteiger charge is 2.25. The van der Waals surface area contributed by atoms with Crippen molar-refractivity contribution >= 4 is 31.7 Å². The van der Waals surface area contributed by atoms with Crippen molar-refractivity contribution in [2.24, 2.45) is 0 Å². The number of esters is 1. The minimum absolute atomic E-state index is 0.0261. The fourth-order valence-corrected chi connectivity index (χ4v) is 5.90. The van der Waals surface area contributed by atoms with Crippen molar-refractivity contribution in [2.45, 2.75) is 42.4 Å². The van der Waals surface area contributed by atoms with E-state index in [4.69, 9.17) is 4.74 Å². The van der Waals surface area contributed by atoms with Gasteiger partial charge in [0.2, 0.25) is 10.0 Å². The number of ether oxygens (including phenoxy) is 1. The molecule has 1 aliphatic heterocycles. The van der Waals surface area contributed by atoms with Gasteiger partial charge in [0.15, 0.2) is 0 Å². The smallest absolute Gasteiger partial charge is 0.338 e. The molecule has 1 saturated heterocycles. The van der Waals surface area contributed by atoms with Crippen LogP contribution in [0.4, 0.5) is 5.69 Å². The molecule has 3 rings (SSSR count). The summed E-state index contributed by atoms with van der Waals surface area (Å²) in [6.45, 7) is 2.91. The number of carbonyl (C=O) groups excluding carboxylic acids is 1. The Morgan fingerprint density at radius 2 is 1.42 bits per heavy atom. The largest absolute Gasteiger partial charge is 0.462 e. The highest BCUT2D eigenvalue weighted by molar-refractivity contribution is 7.92. The van der Waals surface area contributed by atoms with Gasteiger partial charge >= 0.3 is 5.97 Å². The van der Waals surface area contributed by atoms with Crippen LogP contribution in [0.2, 0.25) is 0 Å².